The maximum Gasteiger partial charge on any atom is 0.0435 e. The number of hydrogen-bond acceptors (Lipinski definition) is 1. The van der Waals surface area contributed by atoms with Crippen LogP contribution in [0.25, 0.3) is 55.3 Å². The second kappa shape index (κ2) is 9.33. The van der Waals surface area contributed by atoms with Gasteiger partial charge in [-0.3, -0.25) is 0 Å². The minimum absolute atomic E-state index is 0.189. The number of benzene rings is 7. The predicted molar refractivity (Wildman–Crippen MR) is 182 cm³/mol. The van der Waals surface area contributed by atoms with Crippen LogP contribution in [-0.2, 0) is 5.41 Å². The molecule has 0 saturated carbocycles. The quantitative estimate of drug-likeness (QED) is 0.206. The van der Waals surface area contributed by atoms with Gasteiger partial charge in [0.2, 0.25) is 0 Å². The first kappa shape index (κ1) is 24.7. The second-order valence-electron chi connectivity index (χ2n) is 11.8. The molecule has 0 saturated heterocycles. The average Bonchev–Trinajstić information content (AvgIpc) is 3.35. The van der Waals surface area contributed by atoms with Crippen molar-refractivity contribution in [3.8, 4) is 44.5 Å². The number of rotatable bonds is 3. The molecule has 0 amide bonds. The van der Waals surface area contributed by atoms with Crippen molar-refractivity contribution in [2.75, 3.05) is 0 Å². The Morgan fingerprint density at radius 1 is 0.442 bits per heavy atom. The summed E-state index contributed by atoms with van der Waals surface area (Å²) in [6.45, 7) is 2.38. The first-order chi connectivity index (χ1) is 21.2. The van der Waals surface area contributed by atoms with Gasteiger partial charge >= 0.3 is 0 Å². The van der Waals surface area contributed by atoms with Gasteiger partial charge in [-0.15, -0.1) is 0 Å². The van der Waals surface area contributed by atoms with Crippen molar-refractivity contribution in [3.63, 3.8) is 0 Å². The summed E-state index contributed by atoms with van der Waals surface area (Å²) in [5.41, 5.74) is 14.3. The van der Waals surface area contributed by atoms with Gasteiger partial charge in [-0.25, -0.2) is 0 Å². The molecule has 0 spiro atoms. The van der Waals surface area contributed by atoms with Crippen molar-refractivity contribution in [1.29, 1.82) is 0 Å². The van der Waals surface area contributed by atoms with Crippen LogP contribution in [0.1, 0.15) is 23.6 Å². The van der Waals surface area contributed by atoms with Crippen LogP contribution in [0, 0.1) is 0 Å². The Morgan fingerprint density at radius 3 is 1.95 bits per heavy atom. The third kappa shape index (κ3) is 3.59. The molecular formula is C42H28S. The van der Waals surface area contributed by atoms with E-state index in [4.69, 9.17) is 0 Å². The summed E-state index contributed by atoms with van der Waals surface area (Å²) in [7, 11) is 0. The van der Waals surface area contributed by atoms with Gasteiger partial charge in [0, 0.05) is 20.6 Å². The summed E-state index contributed by atoms with van der Waals surface area (Å²) in [5.74, 6) is 0. The molecule has 0 bridgehead atoms. The molecule has 1 aliphatic carbocycles. The van der Waals surface area contributed by atoms with Crippen LogP contribution in [0.15, 0.2) is 161 Å². The van der Waals surface area contributed by atoms with Crippen LogP contribution in [0.5, 0.6) is 0 Å². The summed E-state index contributed by atoms with van der Waals surface area (Å²) in [4.78, 5) is 2.67. The Kier molecular flexibility index (Phi) is 5.36. The maximum atomic E-state index is 2.38. The second-order valence-corrected chi connectivity index (χ2v) is 12.9. The fourth-order valence-corrected chi connectivity index (χ4v) is 8.58. The van der Waals surface area contributed by atoms with E-state index < -0.39 is 0 Å². The Balaban J connectivity index is 1.14. The summed E-state index contributed by atoms with van der Waals surface area (Å²) < 4.78 is 0. The normalized spacial score (nSPS) is 16.0. The molecule has 1 heteroatoms. The third-order valence-corrected chi connectivity index (χ3v) is 10.7. The molecule has 202 valence electrons. The highest BCUT2D eigenvalue weighted by atomic mass is 32.2. The predicted octanol–water partition coefficient (Wildman–Crippen LogP) is 11.6. The summed E-state index contributed by atoms with van der Waals surface area (Å²) in [6.07, 6.45) is 0. The van der Waals surface area contributed by atoms with E-state index in [9.17, 15) is 0 Å². The molecule has 7 aromatic carbocycles. The van der Waals surface area contributed by atoms with Crippen molar-refractivity contribution < 1.29 is 0 Å². The van der Waals surface area contributed by atoms with Gasteiger partial charge in [0.25, 0.3) is 0 Å². The van der Waals surface area contributed by atoms with Gasteiger partial charge in [0.15, 0.2) is 0 Å². The minimum atomic E-state index is -0.189. The van der Waals surface area contributed by atoms with E-state index in [0.29, 0.717) is 0 Å². The maximum absolute atomic E-state index is 2.38. The topological polar surface area (TPSA) is 0 Å². The van der Waals surface area contributed by atoms with E-state index in [2.05, 4.69) is 159 Å². The lowest BCUT2D eigenvalue weighted by molar-refractivity contribution is 0.714. The standard InChI is InChI=1S/C42H28S/c1-42(31-12-3-2-4-13-31)36-17-6-5-14-34(36)41-32(15-9-18-37(41)42)28-22-20-27(21-23-28)30-24-25-38-35(26-30)33-16-7-10-29-11-8-19-39(43-38)40(29)33/h2-26H,1H3. The molecule has 2 aliphatic rings. The van der Waals surface area contributed by atoms with Crippen molar-refractivity contribution in [2.45, 2.75) is 22.1 Å². The molecule has 0 radical (unpaired) electrons. The van der Waals surface area contributed by atoms with Crippen LogP contribution in [-0.4, -0.2) is 0 Å². The van der Waals surface area contributed by atoms with Gasteiger partial charge in [-0.1, -0.05) is 145 Å². The van der Waals surface area contributed by atoms with Gasteiger partial charge in [0.05, 0.1) is 0 Å². The minimum Gasteiger partial charge on any atom is -0.0888 e. The molecular weight excluding hydrogens is 537 g/mol. The summed E-state index contributed by atoms with van der Waals surface area (Å²) in [5, 5.41) is 2.68. The highest BCUT2D eigenvalue weighted by Crippen LogP contribution is 2.55. The molecule has 9 rings (SSSR count). The Labute approximate surface area is 256 Å². The van der Waals surface area contributed by atoms with Crippen molar-refractivity contribution >= 4 is 22.5 Å². The largest absolute Gasteiger partial charge is 0.0888 e. The molecule has 0 nitrogen and oxygen atoms in total. The van der Waals surface area contributed by atoms with Gasteiger partial charge < -0.3 is 0 Å². The monoisotopic (exact) mass is 564 g/mol. The lowest BCUT2D eigenvalue weighted by Gasteiger charge is -2.28. The zero-order chi connectivity index (χ0) is 28.5. The molecule has 0 fully saturated rings. The van der Waals surface area contributed by atoms with E-state index in [1.807, 2.05) is 11.8 Å². The molecule has 1 atom stereocenters. The molecule has 7 aromatic rings. The van der Waals surface area contributed by atoms with E-state index in [1.54, 1.807) is 0 Å². The number of hydrogen-bond donors (Lipinski definition) is 0. The summed E-state index contributed by atoms with van der Waals surface area (Å²) >= 11 is 1.88. The van der Waals surface area contributed by atoms with Crippen molar-refractivity contribution in [2.24, 2.45) is 0 Å². The highest BCUT2D eigenvalue weighted by molar-refractivity contribution is 7.99. The van der Waals surface area contributed by atoms with Crippen LogP contribution in [0.3, 0.4) is 0 Å². The Hall–Kier alpha value is -4.85. The average molecular weight is 565 g/mol. The Morgan fingerprint density at radius 2 is 1.09 bits per heavy atom. The van der Waals surface area contributed by atoms with Crippen LogP contribution < -0.4 is 0 Å². The fraction of sp³-hybridized carbons (Fsp3) is 0.0476. The van der Waals surface area contributed by atoms with E-state index >= 15 is 0 Å². The first-order valence-corrected chi connectivity index (χ1v) is 15.8. The van der Waals surface area contributed by atoms with Gasteiger partial charge in [0.1, 0.15) is 0 Å². The van der Waals surface area contributed by atoms with Crippen LogP contribution in [0.4, 0.5) is 0 Å². The van der Waals surface area contributed by atoms with Gasteiger partial charge in [-0.05, 0) is 91.7 Å². The van der Waals surface area contributed by atoms with Crippen molar-refractivity contribution in [1.82, 2.24) is 0 Å². The molecule has 43 heavy (non-hydrogen) atoms. The van der Waals surface area contributed by atoms with Crippen molar-refractivity contribution in [3.05, 3.63) is 168 Å². The highest BCUT2D eigenvalue weighted by Gasteiger charge is 2.41. The third-order valence-electron chi connectivity index (χ3n) is 9.57. The molecule has 1 unspecified atom stereocenters. The lowest BCUT2D eigenvalue weighted by atomic mass is 9.74. The van der Waals surface area contributed by atoms with Crippen LogP contribution in [0.2, 0.25) is 0 Å². The van der Waals surface area contributed by atoms with E-state index in [1.165, 1.54) is 81.8 Å². The summed E-state index contributed by atoms with van der Waals surface area (Å²) in [6, 6.07) is 56.2. The van der Waals surface area contributed by atoms with E-state index in [0.717, 1.165) is 0 Å². The first-order valence-electron chi connectivity index (χ1n) is 14.9. The van der Waals surface area contributed by atoms with E-state index in [-0.39, 0.29) is 5.41 Å². The smallest absolute Gasteiger partial charge is 0.0435 e. The lowest BCUT2D eigenvalue weighted by Crippen LogP contribution is -2.22. The van der Waals surface area contributed by atoms with Gasteiger partial charge in [-0.2, -0.15) is 0 Å². The fourth-order valence-electron chi connectivity index (χ4n) is 7.45. The zero-order valence-electron chi connectivity index (χ0n) is 23.8. The number of fused-ring (bicyclic) bond motifs is 5. The molecule has 1 heterocycles. The SMILES string of the molecule is CC1(c2ccccc2)c2ccccc2-c2c(-c3ccc(-c4ccc5c(c4)-c4cccc6cccc(c46)S5)cc3)cccc21. The molecule has 0 aromatic heterocycles. The van der Waals surface area contributed by atoms with Crippen LogP contribution >= 0.6 is 11.8 Å². The molecule has 0 N–H and O–H groups in total. The zero-order valence-corrected chi connectivity index (χ0v) is 24.7. The molecule has 1 aliphatic heterocycles. The Bertz CT molecular complexity index is 2200.